The van der Waals surface area contributed by atoms with E-state index in [9.17, 15) is 26.5 Å². The number of aryl methyl sites for hydroxylation is 1. The van der Waals surface area contributed by atoms with Gasteiger partial charge in [0.15, 0.2) is 5.75 Å². The first-order valence-electron chi connectivity index (χ1n) is 15.6. The van der Waals surface area contributed by atoms with Gasteiger partial charge in [-0.05, 0) is 84.6 Å². The molecule has 0 atom stereocenters. The van der Waals surface area contributed by atoms with Gasteiger partial charge in [0.25, 0.3) is 10.1 Å². The second-order valence-corrected chi connectivity index (χ2v) is 14.6. The van der Waals surface area contributed by atoms with Crippen LogP contribution in [0.15, 0.2) is 111 Å². The fraction of sp³-hybridized carbons (Fsp3) is 0.176. The molecule has 0 aromatic heterocycles. The van der Waals surface area contributed by atoms with Crippen LogP contribution in [0.1, 0.15) is 5.56 Å². The molecule has 5 aromatic carbocycles. The largest absolute Gasteiger partial charge is 0.505 e. The number of aromatic hydroxyl groups is 1. The number of fused-ring (bicyclic) bond motifs is 1. The summed E-state index contributed by atoms with van der Waals surface area (Å²) in [7, 11) is -7.36. The van der Waals surface area contributed by atoms with Crippen molar-refractivity contribution in [3.63, 3.8) is 0 Å². The molecule has 18 heteroatoms. The van der Waals surface area contributed by atoms with Gasteiger partial charge < -0.3 is 30.2 Å². The maximum absolute atomic E-state index is 13.2. The highest BCUT2D eigenvalue weighted by Gasteiger charge is 2.25. The number of hydrogen-bond acceptors (Lipinski definition) is 14. The minimum atomic E-state index is -4.85. The first-order valence-corrected chi connectivity index (χ1v) is 18.4. The van der Waals surface area contributed by atoms with Crippen molar-refractivity contribution in [2.75, 3.05) is 44.0 Å². The standard InChI is InChI=1S/C34H37N7O9S2/c1-22-18-30(31(48-2)21-29(22)38-25-8-11-27(12-9-25)51(43,44)41(14-16-49-35)15-17-50-36)39-40-33-32(52(45,46)47)20-23-19-26(10-13-28(23)34(33)42)37-24-6-4-3-5-7-24/h3-13,18-21,37-38,42H,14-17,35-36H2,1-2H3,(H,45,46,47). The van der Waals surface area contributed by atoms with Crippen LogP contribution in [0.5, 0.6) is 11.5 Å². The van der Waals surface area contributed by atoms with Crippen LogP contribution in [0.4, 0.5) is 34.1 Å². The Morgan fingerprint density at radius 2 is 1.42 bits per heavy atom. The highest BCUT2D eigenvalue weighted by Crippen LogP contribution is 2.43. The summed E-state index contributed by atoms with van der Waals surface area (Å²) in [5, 5.41) is 26.4. The van der Waals surface area contributed by atoms with Gasteiger partial charge in [-0.3, -0.25) is 4.55 Å². The highest BCUT2D eigenvalue weighted by atomic mass is 32.2. The average Bonchev–Trinajstić information content (AvgIpc) is 3.12. The van der Waals surface area contributed by atoms with Crippen molar-refractivity contribution >= 4 is 65.0 Å². The van der Waals surface area contributed by atoms with Crippen molar-refractivity contribution < 1.29 is 40.9 Å². The third-order valence-electron chi connectivity index (χ3n) is 7.86. The summed E-state index contributed by atoms with van der Waals surface area (Å²) in [4.78, 5) is 8.48. The highest BCUT2D eigenvalue weighted by molar-refractivity contribution is 7.89. The number of phenols is 1. The lowest BCUT2D eigenvalue weighted by Crippen LogP contribution is -2.37. The molecule has 52 heavy (non-hydrogen) atoms. The van der Waals surface area contributed by atoms with Crippen molar-refractivity contribution in [2.45, 2.75) is 16.7 Å². The smallest absolute Gasteiger partial charge is 0.296 e. The second kappa shape index (κ2) is 16.4. The van der Waals surface area contributed by atoms with Crippen LogP contribution >= 0.6 is 0 Å². The summed E-state index contributed by atoms with van der Waals surface area (Å²) in [6, 6.07) is 24.8. The summed E-state index contributed by atoms with van der Waals surface area (Å²) < 4.78 is 68.1. The number of para-hydroxylation sites is 1. The Morgan fingerprint density at radius 3 is 2.04 bits per heavy atom. The molecule has 0 saturated heterocycles. The number of phenolic OH excluding ortho intramolecular Hbond substituents is 1. The van der Waals surface area contributed by atoms with Crippen LogP contribution in [0.3, 0.4) is 0 Å². The predicted octanol–water partition coefficient (Wildman–Crippen LogP) is 5.78. The van der Waals surface area contributed by atoms with Crippen molar-refractivity contribution in [3.05, 3.63) is 96.6 Å². The zero-order valence-electron chi connectivity index (χ0n) is 28.1. The number of benzene rings is 5. The number of nitrogens with one attached hydrogen (secondary N) is 2. The number of methoxy groups -OCH3 is 1. The van der Waals surface area contributed by atoms with Gasteiger partial charge in [-0.25, -0.2) is 20.2 Å². The molecule has 0 spiro atoms. The van der Waals surface area contributed by atoms with Crippen LogP contribution < -0.4 is 27.2 Å². The molecule has 274 valence electrons. The van der Waals surface area contributed by atoms with Crippen molar-refractivity contribution in [3.8, 4) is 11.5 Å². The molecule has 0 amide bonds. The minimum Gasteiger partial charge on any atom is -0.505 e. The van der Waals surface area contributed by atoms with Crippen LogP contribution in [-0.2, 0) is 29.8 Å². The Kier molecular flexibility index (Phi) is 12.0. The average molecular weight is 752 g/mol. The first kappa shape index (κ1) is 38.1. The fourth-order valence-corrected chi connectivity index (χ4v) is 7.31. The van der Waals surface area contributed by atoms with Gasteiger partial charge in [-0.15, -0.1) is 10.2 Å². The van der Waals surface area contributed by atoms with Gasteiger partial charge in [0.05, 0.1) is 25.2 Å². The van der Waals surface area contributed by atoms with E-state index in [2.05, 4.69) is 30.5 Å². The van der Waals surface area contributed by atoms with E-state index in [0.29, 0.717) is 28.0 Å². The Bertz CT molecular complexity index is 2280. The van der Waals surface area contributed by atoms with Gasteiger partial charge in [-0.1, -0.05) is 18.2 Å². The zero-order chi connectivity index (χ0) is 37.5. The van der Waals surface area contributed by atoms with Gasteiger partial charge in [0.2, 0.25) is 10.0 Å². The van der Waals surface area contributed by atoms with Crippen molar-refractivity contribution in [1.29, 1.82) is 0 Å². The molecule has 0 fully saturated rings. The normalized spacial score (nSPS) is 12.1. The monoisotopic (exact) mass is 751 g/mol. The van der Waals surface area contributed by atoms with Gasteiger partial charge >= 0.3 is 0 Å². The van der Waals surface area contributed by atoms with E-state index in [1.54, 1.807) is 49.4 Å². The molecule has 0 radical (unpaired) electrons. The third kappa shape index (κ3) is 8.81. The molecule has 0 unspecified atom stereocenters. The van der Waals surface area contributed by atoms with Crippen LogP contribution in [0.25, 0.3) is 10.8 Å². The molecule has 0 aliphatic rings. The fourth-order valence-electron chi connectivity index (χ4n) is 5.24. The SMILES string of the molecule is COc1cc(Nc2ccc(S(=O)(=O)N(CCON)CCON)cc2)c(C)cc1N=Nc1c(S(=O)(=O)O)cc2cc(Nc3ccccc3)ccc2c1O. The Hall–Kier alpha value is -5.18. The molecule has 5 rings (SSSR count). The molecule has 5 aromatic rings. The Labute approximate surface area is 300 Å². The molecule has 8 N–H and O–H groups in total. The third-order valence-corrected chi connectivity index (χ3v) is 10.6. The summed E-state index contributed by atoms with van der Waals surface area (Å²) >= 11 is 0. The maximum Gasteiger partial charge on any atom is 0.296 e. The summed E-state index contributed by atoms with van der Waals surface area (Å²) in [6.45, 7) is 1.71. The van der Waals surface area contributed by atoms with Gasteiger partial charge in [-0.2, -0.15) is 12.7 Å². The Balaban J connectivity index is 1.41. The minimum absolute atomic E-state index is 0.00375. The van der Waals surface area contributed by atoms with Crippen molar-refractivity contribution in [1.82, 2.24) is 4.31 Å². The molecule has 0 aliphatic heterocycles. The number of azo groups is 1. The van der Waals surface area contributed by atoms with Crippen LogP contribution in [0, 0.1) is 6.92 Å². The summed E-state index contributed by atoms with van der Waals surface area (Å²) in [6.07, 6.45) is 0. The van der Waals surface area contributed by atoms with E-state index in [4.69, 9.17) is 16.5 Å². The maximum atomic E-state index is 13.2. The van der Waals surface area contributed by atoms with Crippen molar-refractivity contribution in [2.24, 2.45) is 22.0 Å². The van der Waals surface area contributed by atoms with Crippen LogP contribution in [0.2, 0.25) is 0 Å². The van der Waals surface area contributed by atoms with Gasteiger partial charge in [0.1, 0.15) is 22.0 Å². The van der Waals surface area contributed by atoms with E-state index in [0.717, 1.165) is 9.99 Å². The number of hydrogen-bond donors (Lipinski definition) is 6. The number of ether oxygens (including phenoxy) is 1. The lowest BCUT2D eigenvalue weighted by atomic mass is 10.1. The lowest BCUT2D eigenvalue weighted by Gasteiger charge is -2.21. The second-order valence-electron chi connectivity index (χ2n) is 11.3. The molecular formula is C34H37N7O9S2. The molecule has 0 saturated carbocycles. The lowest BCUT2D eigenvalue weighted by molar-refractivity contribution is 0.101. The molecular weight excluding hydrogens is 715 g/mol. The van der Waals surface area contributed by atoms with E-state index < -0.39 is 36.5 Å². The molecule has 16 nitrogen and oxygen atoms in total. The van der Waals surface area contributed by atoms with E-state index in [1.807, 2.05) is 30.3 Å². The topological polar surface area (TPSA) is 240 Å². The molecule has 0 aliphatic carbocycles. The first-order chi connectivity index (χ1) is 24.8. The number of nitrogens with zero attached hydrogens (tertiary/aromatic N) is 3. The van der Waals surface area contributed by atoms with Crippen LogP contribution in [-0.4, -0.2) is 64.2 Å². The number of anilines is 4. The molecule has 0 heterocycles. The number of rotatable bonds is 16. The van der Waals surface area contributed by atoms with E-state index in [-0.39, 0.29) is 48.0 Å². The quantitative estimate of drug-likeness (QED) is 0.0398. The summed E-state index contributed by atoms with van der Waals surface area (Å²) in [5.41, 5.74) is 2.96. The number of sulfonamides is 1. The number of nitrogens with two attached hydrogens (primary N) is 2. The van der Waals surface area contributed by atoms with E-state index in [1.165, 1.54) is 25.3 Å². The zero-order valence-corrected chi connectivity index (χ0v) is 29.7. The van der Waals surface area contributed by atoms with Gasteiger partial charge in [0, 0.05) is 47.3 Å². The Morgan fingerprint density at radius 1 is 0.788 bits per heavy atom. The predicted molar refractivity (Wildman–Crippen MR) is 196 cm³/mol. The van der Waals surface area contributed by atoms with E-state index >= 15 is 0 Å². The summed E-state index contributed by atoms with van der Waals surface area (Å²) in [5.74, 6) is 9.91. The molecule has 0 bridgehead atoms.